The normalized spacial score (nSPS) is 12.6. The van der Waals surface area contributed by atoms with E-state index < -0.39 is 6.10 Å². The number of hydrogen-bond donors (Lipinski definition) is 0. The van der Waals surface area contributed by atoms with Crippen molar-refractivity contribution in [1.82, 2.24) is 0 Å². The molecule has 0 saturated heterocycles. The molecule has 6 heteroatoms. The van der Waals surface area contributed by atoms with Crippen molar-refractivity contribution in [2.75, 3.05) is 13.2 Å². The first-order valence-electron chi connectivity index (χ1n) is 22.5. The highest BCUT2D eigenvalue weighted by Gasteiger charge is 2.19. The number of rotatable bonds is 38. The average molecular weight is 789 g/mol. The third-order valence-corrected chi connectivity index (χ3v) is 8.94. The minimum Gasteiger partial charge on any atom is -0.462 e. The first-order valence-corrected chi connectivity index (χ1v) is 22.5. The van der Waals surface area contributed by atoms with Gasteiger partial charge in [-0.25, -0.2) is 0 Å². The average Bonchev–Trinajstić information content (AvgIpc) is 3.21. The third-order valence-electron chi connectivity index (χ3n) is 8.94. The van der Waals surface area contributed by atoms with Crippen LogP contribution in [0.15, 0.2) is 109 Å². The highest BCUT2D eigenvalue weighted by atomic mass is 16.6. The zero-order valence-corrected chi connectivity index (χ0v) is 36.3. The summed E-state index contributed by atoms with van der Waals surface area (Å²) in [6, 6.07) is 0. The van der Waals surface area contributed by atoms with Crippen LogP contribution in [0.4, 0.5) is 0 Å². The van der Waals surface area contributed by atoms with E-state index in [-0.39, 0.29) is 31.1 Å². The maximum atomic E-state index is 12.7. The van der Waals surface area contributed by atoms with Gasteiger partial charge in [-0.2, -0.15) is 0 Å². The Morgan fingerprint density at radius 2 is 0.632 bits per heavy atom. The van der Waals surface area contributed by atoms with Crippen LogP contribution in [-0.4, -0.2) is 37.2 Å². The van der Waals surface area contributed by atoms with Crippen molar-refractivity contribution in [3.05, 3.63) is 109 Å². The lowest BCUT2D eigenvalue weighted by atomic mass is 10.1. The van der Waals surface area contributed by atoms with Crippen LogP contribution in [0, 0.1) is 0 Å². The van der Waals surface area contributed by atoms with Gasteiger partial charge in [0.1, 0.15) is 13.2 Å². The van der Waals surface area contributed by atoms with E-state index in [4.69, 9.17) is 14.2 Å². The highest BCUT2D eigenvalue weighted by Crippen LogP contribution is 2.12. The van der Waals surface area contributed by atoms with Gasteiger partial charge >= 0.3 is 17.9 Å². The molecule has 57 heavy (non-hydrogen) atoms. The molecule has 0 aliphatic heterocycles. The minimum absolute atomic E-state index is 0.107. The first-order chi connectivity index (χ1) is 28.0. The molecule has 0 fully saturated rings. The summed E-state index contributed by atoms with van der Waals surface area (Å²) >= 11 is 0. The molecule has 0 unspecified atom stereocenters. The summed E-state index contributed by atoms with van der Waals surface area (Å²) in [5.41, 5.74) is 0. The molecule has 0 spiro atoms. The molecule has 0 aromatic rings. The molecular weight excluding hydrogens is 709 g/mol. The summed E-state index contributed by atoms with van der Waals surface area (Å²) in [5.74, 6) is -0.980. The third kappa shape index (κ3) is 43.0. The Morgan fingerprint density at radius 3 is 0.965 bits per heavy atom. The van der Waals surface area contributed by atoms with E-state index >= 15 is 0 Å². The van der Waals surface area contributed by atoms with Gasteiger partial charge in [0.2, 0.25) is 0 Å². The molecule has 0 radical (unpaired) electrons. The molecule has 0 rings (SSSR count). The Bertz CT molecular complexity index is 1160. The van der Waals surface area contributed by atoms with Crippen LogP contribution in [-0.2, 0) is 28.6 Å². The molecule has 0 aromatic carbocycles. The second-order valence-electron chi connectivity index (χ2n) is 14.3. The lowest BCUT2D eigenvalue weighted by Crippen LogP contribution is -2.30. The number of hydrogen-bond acceptors (Lipinski definition) is 6. The molecular formula is C51H80O6. The van der Waals surface area contributed by atoms with Gasteiger partial charge in [0.15, 0.2) is 6.10 Å². The Kier molecular flexibility index (Phi) is 41.7. The van der Waals surface area contributed by atoms with Crippen LogP contribution in [0.5, 0.6) is 0 Å². The lowest BCUT2D eigenvalue weighted by molar-refractivity contribution is -0.167. The summed E-state index contributed by atoms with van der Waals surface area (Å²) in [5, 5.41) is 0. The van der Waals surface area contributed by atoms with Gasteiger partial charge in [0.25, 0.3) is 0 Å². The SMILES string of the molecule is CC\C=C/C=C\C=C/CCCCCCCC(=O)OCC(COC(=O)CCCCCCC\C=C/C=C\C=C/CC)OC(=O)CCCCCCC\C=C/C=C\C=C/CC. The van der Waals surface area contributed by atoms with Crippen LogP contribution in [0.3, 0.4) is 0 Å². The zero-order valence-electron chi connectivity index (χ0n) is 36.3. The molecule has 0 bridgehead atoms. The number of allylic oxidation sites excluding steroid dienone is 18. The van der Waals surface area contributed by atoms with Crippen molar-refractivity contribution in [2.24, 2.45) is 0 Å². The van der Waals surface area contributed by atoms with Gasteiger partial charge < -0.3 is 14.2 Å². The van der Waals surface area contributed by atoms with Crippen molar-refractivity contribution in [2.45, 2.75) is 181 Å². The summed E-state index contributed by atoms with van der Waals surface area (Å²) in [6.07, 6.45) is 59.2. The van der Waals surface area contributed by atoms with Crippen LogP contribution >= 0.6 is 0 Å². The van der Waals surface area contributed by atoms with E-state index in [1.807, 2.05) is 18.2 Å². The number of esters is 3. The second kappa shape index (κ2) is 44.8. The van der Waals surface area contributed by atoms with Crippen LogP contribution < -0.4 is 0 Å². The van der Waals surface area contributed by atoms with Crippen molar-refractivity contribution in [1.29, 1.82) is 0 Å². The second-order valence-corrected chi connectivity index (χ2v) is 14.3. The molecule has 320 valence electrons. The van der Waals surface area contributed by atoms with Crippen LogP contribution in [0.25, 0.3) is 0 Å². The summed E-state index contributed by atoms with van der Waals surface area (Å²) < 4.78 is 16.7. The van der Waals surface area contributed by atoms with Crippen LogP contribution in [0.1, 0.15) is 175 Å². The number of carbonyl (C=O) groups is 3. The van der Waals surface area contributed by atoms with Gasteiger partial charge in [0, 0.05) is 19.3 Å². The standard InChI is InChI=1S/C51H80O6/c1-4-7-10-13-16-19-22-25-28-31-34-37-40-43-49(52)55-46-48(57-51(54)45-42-39-36-33-30-27-24-21-18-15-12-9-6-3)47-56-50(53)44-41-38-35-32-29-26-23-20-17-14-11-8-5-2/h7-24,48H,4-6,25-47H2,1-3H3/b10-7-,11-8-,12-9-,16-13-,17-14-,18-15-,22-19-,23-20-,24-21-. The molecule has 0 aliphatic rings. The topological polar surface area (TPSA) is 78.9 Å². The van der Waals surface area contributed by atoms with E-state index in [0.717, 1.165) is 135 Å². The molecule has 0 heterocycles. The Morgan fingerprint density at radius 1 is 0.351 bits per heavy atom. The molecule has 0 atom stereocenters. The fraction of sp³-hybridized carbons (Fsp3) is 0.588. The zero-order chi connectivity index (χ0) is 41.5. The molecule has 0 N–H and O–H groups in total. The van der Waals surface area contributed by atoms with E-state index in [1.165, 1.54) is 0 Å². The predicted molar refractivity (Wildman–Crippen MR) is 242 cm³/mol. The maximum absolute atomic E-state index is 12.7. The van der Waals surface area contributed by atoms with Crippen molar-refractivity contribution >= 4 is 17.9 Å². The van der Waals surface area contributed by atoms with E-state index in [2.05, 4.69) is 112 Å². The molecule has 6 nitrogen and oxygen atoms in total. The molecule has 0 saturated carbocycles. The maximum Gasteiger partial charge on any atom is 0.306 e. The van der Waals surface area contributed by atoms with Crippen molar-refractivity contribution in [3.8, 4) is 0 Å². The largest absolute Gasteiger partial charge is 0.462 e. The van der Waals surface area contributed by atoms with Crippen molar-refractivity contribution in [3.63, 3.8) is 0 Å². The van der Waals surface area contributed by atoms with Gasteiger partial charge in [0.05, 0.1) is 0 Å². The first kappa shape index (κ1) is 53.1. The Labute approximate surface area is 349 Å². The monoisotopic (exact) mass is 789 g/mol. The van der Waals surface area contributed by atoms with Gasteiger partial charge in [-0.1, -0.05) is 188 Å². The number of unbranched alkanes of at least 4 members (excludes halogenated alkanes) is 15. The number of carbonyl (C=O) groups excluding carboxylic acids is 3. The van der Waals surface area contributed by atoms with E-state index in [1.54, 1.807) is 0 Å². The highest BCUT2D eigenvalue weighted by molar-refractivity contribution is 5.71. The fourth-order valence-corrected chi connectivity index (χ4v) is 5.62. The summed E-state index contributed by atoms with van der Waals surface area (Å²) in [6.45, 7) is 6.15. The van der Waals surface area contributed by atoms with Gasteiger partial charge in [-0.3, -0.25) is 14.4 Å². The smallest absolute Gasteiger partial charge is 0.306 e. The van der Waals surface area contributed by atoms with Gasteiger partial charge in [-0.05, 0) is 77.0 Å². The van der Waals surface area contributed by atoms with Crippen LogP contribution in [0.2, 0.25) is 0 Å². The summed E-state index contributed by atoms with van der Waals surface area (Å²) in [4.78, 5) is 37.8. The Hall–Kier alpha value is -3.93. The molecule has 0 amide bonds. The molecule has 0 aliphatic carbocycles. The minimum atomic E-state index is -0.806. The quantitative estimate of drug-likeness (QED) is 0.0268. The van der Waals surface area contributed by atoms with E-state index in [9.17, 15) is 14.4 Å². The van der Waals surface area contributed by atoms with Crippen molar-refractivity contribution < 1.29 is 28.6 Å². The number of ether oxygens (including phenoxy) is 3. The van der Waals surface area contributed by atoms with Gasteiger partial charge in [-0.15, -0.1) is 0 Å². The molecule has 0 aromatic heterocycles. The predicted octanol–water partition coefficient (Wildman–Crippen LogP) is 14.4. The van der Waals surface area contributed by atoms with E-state index in [0.29, 0.717) is 19.3 Å². The fourth-order valence-electron chi connectivity index (χ4n) is 5.62. The summed E-state index contributed by atoms with van der Waals surface area (Å²) in [7, 11) is 0. The Balaban J connectivity index is 4.51. The lowest BCUT2D eigenvalue weighted by Gasteiger charge is -2.18.